The largest absolute Gasteiger partial charge is 0.360 e. The summed E-state index contributed by atoms with van der Waals surface area (Å²) in [5, 5.41) is 8.61. The van der Waals surface area contributed by atoms with Crippen molar-refractivity contribution in [1.82, 2.24) is 19.8 Å². The van der Waals surface area contributed by atoms with Crippen LogP contribution in [-0.2, 0) is 25.9 Å². The smallest absolute Gasteiger partial charge is 0.276 e. The van der Waals surface area contributed by atoms with Crippen molar-refractivity contribution in [2.45, 2.75) is 60.0 Å². The first-order chi connectivity index (χ1) is 12.2. The fourth-order valence-corrected chi connectivity index (χ4v) is 3.94. The molecule has 142 valence electrons. The Morgan fingerprint density at radius 2 is 2.19 bits per heavy atom. The first kappa shape index (κ1) is 19.1. The van der Waals surface area contributed by atoms with Crippen molar-refractivity contribution in [2.24, 2.45) is 11.3 Å². The monoisotopic (exact) mass is 422 g/mol. The predicted octanol–water partition coefficient (Wildman–Crippen LogP) is 4.08. The molecule has 6 nitrogen and oxygen atoms in total. The van der Waals surface area contributed by atoms with Crippen LogP contribution in [0.1, 0.15) is 61.6 Å². The molecule has 0 saturated carbocycles. The molecule has 0 aromatic carbocycles. The number of fused-ring (bicyclic) bond motifs is 1. The van der Waals surface area contributed by atoms with Crippen LogP contribution in [0, 0.1) is 11.3 Å². The molecule has 1 atom stereocenters. The third-order valence-corrected chi connectivity index (χ3v) is 5.97. The summed E-state index contributed by atoms with van der Waals surface area (Å²) < 4.78 is 8.25. The Hall–Kier alpha value is -1.63. The summed E-state index contributed by atoms with van der Waals surface area (Å²) >= 11 is 3.52. The van der Waals surface area contributed by atoms with Gasteiger partial charge in [0.1, 0.15) is 5.76 Å². The molecule has 0 bridgehead atoms. The third-order valence-electron chi connectivity index (χ3n) is 5.31. The maximum atomic E-state index is 13.0. The Morgan fingerprint density at radius 1 is 1.46 bits per heavy atom. The number of halogens is 1. The fourth-order valence-electron chi connectivity index (χ4n) is 3.49. The summed E-state index contributed by atoms with van der Waals surface area (Å²) in [6.45, 7) is 10.0. The van der Waals surface area contributed by atoms with Crippen molar-refractivity contribution in [3.05, 3.63) is 33.4 Å². The van der Waals surface area contributed by atoms with E-state index in [2.05, 4.69) is 47.0 Å². The van der Waals surface area contributed by atoms with Crippen LogP contribution in [0.2, 0.25) is 0 Å². The van der Waals surface area contributed by atoms with Gasteiger partial charge in [-0.2, -0.15) is 5.10 Å². The normalized spacial score (nSPS) is 17.2. The summed E-state index contributed by atoms with van der Waals surface area (Å²) in [6.07, 6.45) is 4.72. The Balaban J connectivity index is 1.78. The molecule has 0 fully saturated rings. The van der Waals surface area contributed by atoms with Gasteiger partial charge in [0.25, 0.3) is 5.91 Å². The number of hydrogen-bond acceptors (Lipinski definition) is 4. The Bertz CT molecular complexity index is 803. The summed E-state index contributed by atoms with van der Waals surface area (Å²) in [5.41, 5.74) is 2.50. The van der Waals surface area contributed by atoms with Gasteiger partial charge in [-0.15, -0.1) is 0 Å². The molecule has 0 spiro atoms. The highest BCUT2D eigenvalue weighted by Crippen LogP contribution is 2.38. The summed E-state index contributed by atoms with van der Waals surface area (Å²) in [7, 11) is 1.78. The van der Waals surface area contributed by atoms with Crippen molar-refractivity contribution in [1.29, 1.82) is 0 Å². The summed E-state index contributed by atoms with van der Waals surface area (Å²) in [5.74, 6) is 1.29. The molecule has 2 aromatic rings. The fraction of sp³-hybridized carbons (Fsp3) is 0.632. The number of aromatic nitrogens is 3. The van der Waals surface area contributed by atoms with Gasteiger partial charge in [-0.05, 0) is 47.0 Å². The minimum absolute atomic E-state index is 0.109. The number of carbonyl (C=O) groups is 1. The molecule has 0 radical (unpaired) electrons. The van der Waals surface area contributed by atoms with Crippen LogP contribution in [0.4, 0.5) is 0 Å². The number of nitrogens with zero attached hydrogens (tertiary/aromatic N) is 4. The highest BCUT2D eigenvalue weighted by atomic mass is 79.9. The van der Waals surface area contributed by atoms with E-state index in [1.165, 1.54) is 0 Å². The van der Waals surface area contributed by atoms with Gasteiger partial charge in [0.2, 0.25) is 0 Å². The Labute approximate surface area is 163 Å². The lowest BCUT2D eigenvalue weighted by Gasteiger charge is -2.33. The number of rotatable bonds is 4. The summed E-state index contributed by atoms with van der Waals surface area (Å²) in [4.78, 5) is 14.6. The van der Waals surface area contributed by atoms with Gasteiger partial charge in [0.15, 0.2) is 5.69 Å². The zero-order chi connectivity index (χ0) is 19.1. The SMILES string of the molecule is CCn1cc(Br)c(CN(C)C(=O)c2noc3c2CC(C(C)(C)C)CC3)n1. The van der Waals surface area contributed by atoms with Gasteiger partial charge in [-0.25, -0.2) is 0 Å². The molecule has 3 rings (SSSR count). The second kappa shape index (κ2) is 7.18. The second-order valence-electron chi connectivity index (χ2n) is 8.18. The minimum atomic E-state index is -0.109. The van der Waals surface area contributed by atoms with Gasteiger partial charge in [-0.1, -0.05) is 25.9 Å². The van der Waals surface area contributed by atoms with Crippen LogP contribution in [0.25, 0.3) is 0 Å². The van der Waals surface area contributed by atoms with Gasteiger partial charge < -0.3 is 9.42 Å². The number of aryl methyl sites for hydroxylation is 2. The van der Waals surface area contributed by atoms with Gasteiger partial charge in [0, 0.05) is 31.8 Å². The van der Waals surface area contributed by atoms with Crippen LogP contribution in [-0.4, -0.2) is 32.8 Å². The molecular formula is C19H27BrN4O2. The zero-order valence-corrected chi connectivity index (χ0v) is 17.8. The molecule has 1 aliphatic rings. The summed E-state index contributed by atoms with van der Waals surface area (Å²) in [6, 6.07) is 0. The van der Waals surface area contributed by atoms with E-state index in [9.17, 15) is 4.79 Å². The number of hydrogen-bond donors (Lipinski definition) is 0. The average molecular weight is 423 g/mol. The number of carbonyl (C=O) groups excluding carboxylic acids is 1. The van der Waals surface area contributed by atoms with Crippen LogP contribution in [0.5, 0.6) is 0 Å². The molecule has 26 heavy (non-hydrogen) atoms. The molecule has 2 heterocycles. The van der Waals surface area contributed by atoms with Gasteiger partial charge in [-0.3, -0.25) is 9.48 Å². The highest BCUT2D eigenvalue weighted by molar-refractivity contribution is 9.10. The van der Waals surface area contributed by atoms with E-state index in [4.69, 9.17) is 4.52 Å². The van der Waals surface area contributed by atoms with E-state index in [1.54, 1.807) is 11.9 Å². The van der Waals surface area contributed by atoms with Crippen LogP contribution >= 0.6 is 15.9 Å². The van der Waals surface area contributed by atoms with Crippen LogP contribution in [0.3, 0.4) is 0 Å². The maximum Gasteiger partial charge on any atom is 0.276 e. The van der Waals surface area contributed by atoms with Crippen LogP contribution < -0.4 is 0 Å². The van der Waals surface area contributed by atoms with Crippen molar-refractivity contribution < 1.29 is 9.32 Å². The van der Waals surface area contributed by atoms with E-state index >= 15 is 0 Å². The predicted molar refractivity (Wildman–Crippen MR) is 103 cm³/mol. The Kier molecular flexibility index (Phi) is 5.28. The lowest BCUT2D eigenvalue weighted by molar-refractivity contribution is 0.0771. The number of amides is 1. The first-order valence-electron chi connectivity index (χ1n) is 9.15. The first-order valence-corrected chi connectivity index (χ1v) is 9.94. The van der Waals surface area contributed by atoms with E-state index in [-0.39, 0.29) is 11.3 Å². The van der Waals surface area contributed by atoms with Gasteiger partial charge in [0.05, 0.1) is 16.7 Å². The van der Waals surface area contributed by atoms with E-state index in [0.717, 1.165) is 47.3 Å². The quantitative estimate of drug-likeness (QED) is 0.744. The van der Waals surface area contributed by atoms with Crippen LogP contribution in [0.15, 0.2) is 15.2 Å². The van der Waals surface area contributed by atoms with Crippen molar-refractivity contribution in [3.63, 3.8) is 0 Å². The van der Waals surface area contributed by atoms with Gasteiger partial charge >= 0.3 is 0 Å². The molecule has 1 aliphatic carbocycles. The third kappa shape index (κ3) is 3.72. The lowest BCUT2D eigenvalue weighted by atomic mass is 9.71. The molecule has 2 aromatic heterocycles. The molecule has 1 unspecified atom stereocenters. The Morgan fingerprint density at radius 3 is 2.81 bits per heavy atom. The van der Waals surface area contributed by atoms with Crippen molar-refractivity contribution >= 4 is 21.8 Å². The van der Waals surface area contributed by atoms with Crippen molar-refractivity contribution in [3.8, 4) is 0 Å². The second-order valence-corrected chi connectivity index (χ2v) is 9.03. The minimum Gasteiger partial charge on any atom is -0.360 e. The molecule has 7 heteroatoms. The highest BCUT2D eigenvalue weighted by Gasteiger charge is 2.34. The van der Waals surface area contributed by atoms with Crippen molar-refractivity contribution in [2.75, 3.05) is 7.05 Å². The topological polar surface area (TPSA) is 64.2 Å². The molecule has 0 aliphatic heterocycles. The zero-order valence-electron chi connectivity index (χ0n) is 16.2. The molecule has 0 N–H and O–H groups in total. The molecule has 0 saturated heterocycles. The lowest BCUT2D eigenvalue weighted by Crippen LogP contribution is -2.30. The molecular weight excluding hydrogens is 396 g/mol. The average Bonchev–Trinajstić information content (AvgIpc) is 3.16. The standard InChI is InChI=1S/C19H27BrN4O2/c1-6-24-10-14(20)15(21-24)11-23(5)18(25)17-13-9-12(19(2,3)4)7-8-16(13)26-22-17/h10,12H,6-9,11H2,1-5H3. The van der Waals surface area contributed by atoms with E-state index in [1.807, 2.05) is 17.8 Å². The van der Waals surface area contributed by atoms with E-state index < -0.39 is 0 Å². The maximum absolute atomic E-state index is 13.0. The molecule has 1 amide bonds. The van der Waals surface area contributed by atoms with E-state index in [0.29, 0.717) is 18.2 Å².